The molecule has 0 spiro atoms. The summed E-state index contributed by atoms with van der Waals surface area (Å²) in [7, 11) is 0. The molecule has 2 rings (SSSR count). The van der Waals surface area contributed by atoms with Crippen LogP contribution in [0.25, 0.3) is 6.08 Å². The van der Waals surface area contributed by atoms with Gasteiger partial charge in [0.1, 0.15) is 5.82 Å². The third kappa shape index (κ3) is 5.13. The van der Waals surface area contributed by atoms with Gasteiger partial charge in [0.05, 0.1) is 5.56 Å². The molecular weight excluding hydrogens is 333 g/mol. The number of benzene rings is 1. The van der Waals surface area contributed by atoms with Crippen LogP contribution in [0.4, 0.5) is 10.1 Å². The zero-order valence-corrected chi connectivity index (χ0v) is 13.6. The number of carbonyl (C=O) groups excluding carboxylic acids is 3. The lowest BCUT2D eigenvalue weighted by atomic mass is 10.1. The largest absolute Gasteiger partial charge is 0.454 e. The third-order valence-electron chi connectivity index (χ3n) is 2.89. The van der Waals surface area contributed by atoms with Crippen molar-refractivity contribution in [1.29, 1.82) is 0 Å². The number of thiophene rings is 1. The molecule has 0 saturated carbocycles. The van der Waals surface area contributed by atoms with Crippen molar-refractivity contribution < 1.29 is 23.5 Å². The second kappa shape index (κ2) is 8.16. The van der Waals surface area contributed by atoms with Crippen molar-refractivity contribution in [2.45, 2.75) is 6.92 Å². The molecule has 0 fully saturated rings. The van der Waals surface area contributed by atoms with E-state index in [1.54, 1.807) is 6.08 Å². The van der Waals surface area contributed by atoms with E-state index in [1.807, 2.05) is 16.8 Å². The van der Waals surface area contributed by atoms with Crippen molar-refractivity contribution in [1.82, 2.24) is 0 Å². The Balaban J connectivity index is 1.92. The zero-order valence-electron chi connectivity index (χ0n) is 12.7. The van der Waals surface area contributed by atoms with Crippen LogP contribution in [0.15, 0.2) is 41.1 Å². The molecule has 7 heteroatoms. The zero-order chi connectivity index (χ0) is 17.5. The van der Waals surface area contributed by atoms with Crippen molar-refractivity contribution in [3.05, 3.63) is 58.0 Å². The highest BCUT2D eigenvalue weighted by Gasteiger charge is 2.14. The van der Waals surface area contributed by atoms with E-state index in [0.717, 1.165) is 11.6 Å². The second-order valence-corrected chi connectivity index (χ2v) is 5.58. The number of hydrogen-bond donors (Lipinski definition) is 1. The molecule has 0 unspecified atom stereocenters. The van der Waals surface area contributed by atoms with E-state index >= 15 is 0 Å². The number of ketones is 1. The molecule has 0 saturated heterocycles. The van der Waals surface area contributed by atoms with Gasteiger partial charge in [0, 0.05) is 18.7 Å². The van der Waals surface area contributed by atoms with Gasteiger partial charge in [-0.15, -0.1) is 0 Å². The van der Waals surface area contributed by atoms with Crippen molar-refractivity contribution in [3.8, 4) is 0 Å². The molecule has 1 aromatic carbocycles. The first-order valence-electron chi connectivity index (χ1n) is 6.93. The van der Waals surface area contributed by atoms with Crippen LogP contribution < -0.4 is 5.32 Å². The number of Topliss-reactive ketones (excluding diaryl/α,β-unsaturated/α-hetero) is 1. The molecule has 0 aliphatic carbocycles. The summed E-state index contributed by atoms with van der Waals surface area (Å²) in [5.74, 6) is -2.50. The SMILES string of the molecule is CC(=O)Nc1ccc(C(=O)COC(=O)/C=C/c2ccsc2)c(F)c1. The molecular formula is C17H14FNO4S. The summed E-state index contributed by atoms with van der Waals surface area (Å²) in [5, 5.41) is 6.12. The number of anilines is 1. The molecule has 0 radical (unpaired) electrons. The standard InChI is InChI=1S/C17H14FNO4S/c1-11(20)19-13-3-4-14(15(18)8-13)16(21)9-23-17(22)5-2-12-6-7-24-10-12/h2-8,10H,9H2,1H3,(H,19,20)/b5-2+. The molecule has 24 heavy (non-hydrogen) atoms. The number of amides is 1. The van der Waals surface area contributed by atoms with E-state index in [0.29, 0.717) is 0 Å². The van der Waals surface area contributed by atoms with Crippen molar-refractivity contribution in [3.63, 3.8) is 0 Å². The minimum absolute atomic E-state index is 0.210. The normalized spacial score (nSPS) is 10.6. The van der Waals surface area contributed by atoms with Gasteiger partial charge in [0.15, 0.2) is 6.61 Å². The quantitative estimate of drug-likeness (QED) is 0.494. The number of carbonyl (C=O) groups is 3. The predicted octanol–water partition coefficient (Wildman–Crippen LogP) is 3.28. The van der Waals surface area contributed by atoms with E-state index in [4.69, 9.17) is 4.74 Å². The van der Waals surface area contributed by atoms with Crippen LogP contribution in [0.3, 0.4) is 0 Å². The Bertz CT molecular complexity index is 784. The molecule has 2 aromatic rings. The van der Waals surface area contributed by atoms with E-state index in [-0.39, 0.29) is 17.2 Å². The van der Waals surface area contributed by atoms with E-state index in [2.05, 4.69) is 5.32 Å². The van der Waals surface area contributed by atoms with Crippen LogP contribution in [0.1, 0.15) is 22.8 Å². The van der Waals surface area contributed by atoms with Crippen LogP contribution in [0, 0.1) is 5.82 Å². The summed E-state index contributed by atoms with van der Waals surface area (Å²) < 4.78 is 18.7. The molecule has 0 aliphatic heterocycles. The first kappa shape index (κ1) is 17.6. The van der Waals surface area contributed by atoms with Gasteiger partial charge < -0.3 is 10.1 Å². The molecule has 0 bridgehead atoms. The smallest absolute Gasteiger partial charge is 0.331 e. The Labute approximate surface area is 141 Å². The lowest BCUT2D eigenvalue weighted by Gasteiger charge is -2.06. The summed E-state index contributed by atoms with van der Waals surface area (Å²) in [5.41, 5.74) is 0.883. The van der Waals surface area contributed by atoms with Crippen LogP contribution in [0.5, 0.6) is 0 Å². The molecule has 1 aromatic heterocycles. The first-order chi connectivity index (χ1) is 11.5. The van der Waals surface area contributed by atoms with Gasteiger partial charge in [-0.3, -0.25) is 9.59 Å². The average molecular weight is 347 g/mol. The number of esters is 1. The lowest BCUT2D eigenvalue weighted by molar-refractivity contribution is -0.136. The molecule has 1 amide bonds. The summed E-state index contributed by atoms with van der Waals surface area (Å²) >= 11 is 1.49. The maximum absolute atomic E-state index is 13.9. The Morgan fingerprint density at radius 2 is 2.08 bits per heavy atom. The fourth-order valence-corrected chi connectivity index (χ4v) is 2.45. The summed E-state index contributed by atoms with van der Waals surface area (Å²) in [4.78, 5) is 34.3. The number of hydrogen-bond acceptors (Lipinski definition) is 5. The highest BCUT2D eigenvalue weighted by Crippen LogP contribution is 2.15. The highest BCUT2D eigenvalue weighted by molar-refractivity contribution is 7.08. The van der Waals surface area contributed by atoms with Gasteiger partial charge in [-0.2, -0.15) is 11.3 Å². The van der Waals surface area contributed by atoms with Gasteiger partial charge in [-0.1, -0.05) is 0 Å². The maximum atomic E-state index is 13.9. The topological polar surface area (TPSA) is 72.5 Å². The number of nitrogens with one attached hydrogen (secondary N) is 1. The molecule has 0 atom stereocenters. The van der Waals surface area contributed by atoms with Crippen molar-refractivity contribution in [2.24, 2.45) is 0 Å². The highest BCUT2D eigenvalue weighted by atomic mass is 32.1. The van der Waals surface area contributed by atoms with E-state index in [1.165, 1.54) is 36.5 Å². The van der Waals surface area contributed by atoms with E-state index < -0.39 is 24.2 Å². The Morgan fingerprint density at radius 3 is 2.71 bits per heavy atom. The minimum atomic E-state index is -0.795. The van der Waals surface area contributed by atoms with Gasteiger partial charge >= 0.3 is 5.97 Å². The van der Waals surface area contributed by atoms with E-state index in [9.17, 15) is 18.8 Å². The number of ether oxygens (including phenoxy) is 1. The molecule has 1 N–H and O–H groups in total. The average Bonchev–Trinajstić information content (AvgIpc) is 3.03. The van der Waals surface area contributed by atoms with Crippen LogP contribution in [-0.2, 0) is 14.3 Å². The second-order valence-electron chi connectivity index (χ2n) is 4.80. The van der Waals surface area contributed by atoms with Crippen LogP contribution in [-0.4, -0.2) is 24.3 Å². The lowest BCUT2D eigenvalue weighted by Crippen LogP contribution is -2.14. The molecule has 1 heterocycles. The minimum Gasteiger partial charge on any atom is -0.454 e. The van der Waals surface area contributed by atoms with Gasteiger partial charge in [0.2, 0.25) is 11.7 Å². The van der Waals surface area contributed by atoms with Crippen LogP contribution in [0.2, 0.25) is 0 Å². The monoisotopic (exact) mass is 347 g/mol. The Morgan fingerprint density at radius 1 is 1.29 bits per heavy atom. The maximum Gasteiger partial charge on any atom is 0.331 e. The van der Waals surface area contributed by atoms with Gasteiger partial charge in [-0.05, 0) is 46.7 Å². The van der Waals surface area contributed by atoms with Gasteiger partial charge in [-0.25, -0.2) is 9.18 Å². The fraction of sp³-hybridized carbons (Fsp3) is 0.118. The molecule has 0 aliphatic rings. The molecule has 124 valence electrons. The Hall–Kier alpha value is -2.80. The summed E-state index contributed by atoms with van der Waals surface area (Å²) in [6, 6.07) is 5.49. The molecule has 5 nitrogen and oxygen atoms in total. The number of rotatable bonds is 6. The van der Waals surface area contributed by atoms with Crippen LogP contribution >= 0.6 is 11.3 Å². The Kier molecular flexibility index (Phi) is 5.97. The van der Waals surface area contributed by atoms with Crippen molar-refractivity contribution >= 4 is 40.8 Å². The predicted molar refractivity (Wildman–Crippen MR) is 89.3 cm³/mol. The fourth-order valence-electron chi connectivity index (χ4n) is 1.82. The first-order valence-corrected chi connectivity index (χ1v) is 7.87. The number of halogens is 1. The summed E-state index contributed by atoms with van der Waals surface area (Å²) in [6.45, 7) is 0.725. The van der Waals surface area contributed by atoms with Gasteiger partial charge in [0.25, 0.3) is 0 Å². The third-order valence-corrected chi connectivity index (χ3v) is 3.59. The summed E-state index contributed by atoms with van der Waals surface area (Å²) in [6.07, 6.45) is 2.76. The van der Waals surface area contributed by atoms with Crippen molar-refractivity contribution in [2.75, 3.05) is 11.9 Å².